The number of alkyl halides is 3. The van der Waals surface area contributed by atoms with Crippen LogP contribution in [0.15, 0.2) is 29.3 Å². The molecule has 0 saturated carbocycles. The summed E-state index contributed by atoms with van der Waals surface area (Å²) in [5, 5.41) is 5.70. The highest BCUT2D eigenvalue weighted by Crippen LogP contribution is 2.20. The van der Waals surface area contributed by atoms with Gasteiger partial charge in [0.2, 0.25) is 0 Å². The molecule has 1 aliphatic heterocycles. The molecule has 7 heteroatoms. The molecular formula is C20H31F3N4. The van der Waals surface area contributed by atoms with Gasteiger partial charge >= 0.3 is 6.18 Å². The smallest absolute Gasteiger partial charge is 0.357 e. The number of benzene rings is 1. The van der Waals surface area contributed by atoms with Crippen LogP contribution in [0.5, 0.6) is 0 Å². The Labute approximate surface area is 160 Å². The van der Waals surface area contributed by atoms with Crippen molar-refractivity contribution < 1.29 is 13.2 Å². The molecule has 0 aliphatic carbocycles. The van der Waals surface area contributed by atoms with Crippen LogP contribution in [0, 0.1) is 0 Å². The van der Waals surface area contributed by atoms with Crippen LogP contribution in [0.25, 0.3) is 0 Å². The van der Waals surface area contributed by atoms with Gasteiger partial charge in [0.15, 0.2) is 5.96 Å². The average Bonchev–Trinajstić information content (AvgIpc) is 2.62. The van der Waals surface area contributed by atoms with Crippen molar-refractivity contribution in [3.8, 4) is 0 Å². The Kier molecular flexibility index (Phi) is 8.41. The van der Waals surface area contributed by atoms with Crippen LogP contribution in [0.3, 0.4) is 0 Å². The third-order valence-corrected chi connectivity index (χ3v) is 4.81. The second-order valence-corrected chi connectivity index (χ2v) is 7.12. The first-order valence-electron chi connectivity index (χ1n) is 9.78. The summed E-state index contributed by atoms with van der Waals surface area (Å²) in [6, 6.07) is 8.97. The lowest BCUT2D eigenvalue weighted by Crippen LogP contribution is -2.38. The molecule has 0 radical (unpaired) electrons. The van der Waals surface area contributed by atoms with Crippen molar-refractivity contribution in [2.45, 2.75) is 64.8 Å². The highest BCUT2D eigenvalue weighted by Gasteiger charge is 2.26. The van der Waals surface area contributed by atoms with Crippen molar-refractivity contribution in [3.63, 3.8) is 0 Å². The number of nitrogens with zero attached hydrogens (tertiary/aromatic N) is 2. The number of hydrogen-bond donors (Lipinski definition) is 2. The van der Waals surface area contributed by atoms with E-state index in [4.69, 9.17) is 0 Å². The third kappa shape index (κ3) is 8.20. The van der Waals surface area contributed by atoms with Crippen LogP contribution in [0.4, 0.5) is 13.2 Å². The lowest BCUT2D eigenvalue weighted by atomic mass is 10.0. The zero-order valence-corrected chi connectivity index (χ0v) is 16.3. The van der Waals surface area contributed by atoms with Crippen molar-refractivity contribution in [1.29, 1.82) is 0 Å². The first-order chi connectivity index (χ1) is 12.9. The highest BCUT2D eigenvalue weighted by molar-refractivity contribution is 5.79. The SMILES string of the molecule is CCNC(=NCc1ccc(CN2CCCCC2C)cc1)NCCC(F)(F)F. The Bertz CT molecular complexity index is 584. The summed E-state index contributed by atoms with van der Waals surface area (Å²) in [7, 11) is 0. The van der Waals surface area contributed by atoms with Crippen LogP contribution in [0.1, 0.15) is 50.7 Å². The molecular weight excluding hydrogens is 353 g/mol. The largest absolute Gasteiger partial charge is 0.390 e. The molecule has 2 N–H and O–H groups in total. The zero-order chi connectivity index (χ0) is 19.7. The van der Waals surface area contributed by atoms with Crippen LogP contribution in [0.2, 0.25) is 0 Å². The molecule has 1 saturated heterocycles. The van der Waals surface area contributed by atoms with Gasteiger partial charge < -0.3 is 10.6 Å². The first-order valence-corrected chi connectivity index (χ1v) is 9.78. The van der Waals surface area contributed by atoms with Gasteiger partial charge in [-0.25, -0.2) is 4.99 Å². The fourth-order valence-electron chi connectivity index (χ4n) is 3.21. The van der Waals surface area contributed by atoms with E-state index in [1.165, 1.54) is 24.8 Å². The molecule has 0 amide bonds. The molecule has 152 valence electrons. The Balaban J connectivity index is 1.86. The van der Waals surface area contributed by atoms with E-state index in [9.17, 15) is 13.2 Å². The van der Waals surface area contributed by atoms with E-state index in [1.807, 2.05) is 19.1 Å². The Morgan fingerprint density at radius 1 is 1.15 bits per heavy atom. The van der Waals surface area contributed by atoms with Gasteiger partial charge in [0, 0.05) is 25.7 Å². The van der Waals surface area contributed by atoms with Gasteiger partial charge in [-0.15, -0.1) is 0 Å². The number of hydrogen-bond acceptors (Lipinski definition) is 2. The van der Waals surface area contributed by atoms with E-state index in [0.29, 0.717) is 25.1 Å². The molecule has 1 heterocycles. The number of piperidine rings is 1. The summed E-state index contributed by atoms with van der Waals surface area (Å²) in [4.78, 5) is 6.90. The quantitative estimate of drug-likeness (QED) is 0.550. The maximum absolute atomic E-state index is 12.3. The van der Waals surface area contributed by atoms with E-state index in [-0.39, 0.29) is 6.54 Å². The second-order valence-electron chi connectivity index (χ2n) is 7.12. The minimum Gasteiger partial charge on any atom is -0.357 e. The van der Waals surface area contributed by atoms with Crippen molar-refractivity contribution in [2.75, 3.05) is 19.6 Å². The summed E-state index contributed by atoms with van der Waals surface area (Å²) < 4.78 is 36.8. The molecule has 1 fully saturated rings. The number of likely N-dealkylation sites (tertiary alicyclic amines) is 1. The first kappa shape index (κ1) is 21.5. The van der Waals surface area contributed by atoms with Crippen molar-refractivity contribution in [2.24, 2.45) is 4.99 Å². The molecule has 1 aromatic rings. The molecule has 0 aromatic heterocycles. The zero-order valence-electron chi connectivity index (χ0n) is 16.3. The van der Waals surface area contributed by atoms with Gasteiger partial charge in [0.05, 0.1) is 13.0 Å². The summed E-state index contributed by atoms with van der Waals surface area (Å²) >= 11 is 0. The fourth-order valence-corrected chi connectivity index (χ4v) is 3.21. The maximum Gasteiger partial charge on any atom is 0.390 e. The molecule has 0 bridgehead atoms. The van der Waals surface area contributed by atoms with Crippen LogP contribution >= 0.6 is 0 Å². The summed E-state index contributed by atoms with van der Waals surface area (Å²) in [6.45, 7) is 7.15. The topological polar surface area (TPSA) is 39.7 Å². The molecule has 2 rings (SSSR count). The molecule has 0 spiro atoms. The Morgan fingerprint density at radius 3 is 2.48 bits per heavy atom. The van der Waals surface area contributed by atoms with E-state index in [1.54, 1.807) is 0 Å². The van der Waals surface area contributed by atoms with E-state index in [0.717, 1.165) is 18.7 Å². The second kappa shape index (κ2) is 10.5. The third-order valence-electron chi connectivity index (χ3n) is 4.81. The van der Waals surface area contributed by atoms with E-state index >= 15 is 0 Å². The summed E-state index contributed by atoms with van der Waals surface area (Å²) in [5.74, 6) is 0.410. The predicted octanol–water partition coefficient (Wildman–Crippen LogP) is 4.07. The fraction of sp³-hybridized carbons (Fsp3) is 0.650. The number of aliphatic imine (C=N–C) groups is 1. The van der Waals surface area contributed by atoms with Gasteiger partial charge in [-0.3, -0.25) is 4.90 Å². The molecule has 4 nitrogen and oxygen atoms in total. The number of halogens is 3. The minimum atomic E-state index is -4.16. The van der Waals surface area contributed by atoms with Gasteiger partial charge in [-0.05, 0) is 44.4 Å². The average molecular weight is 384 g/mol. The van der Waals surface area contributed by atoms with Crippen LogP contribution < -0.4 is 10.6 Å². The monoisotopic (exact) mass is 384 g/mol. The Hall–Kier alpha value is -1.76. The van der Waals surface area contributed by atoms with Crippen LogP contribution in [-0.4, -0.2) is 42.7 Å². The van der Waals surface area contributed by atoms with E-state index < -0.39 is 12.6 Å². The standard InChI is InChI=1S/C20H31F3N4/c1-3-24-19(25-12-11-20(21,22)23)26-14-17-7-9-18(10-8-17)15-27-13-5-4-6-16(27)2/h7-10,16H,3-6,11-15H2,1-2H3,(H2,24,25,26). The predicted molar refractivity (Wildman–Crippen MR) is 104 cm³/mol. The molecule has 1 aromatic carbocycles. The maximum atomic E-state index is 12.3. The van der Waals surface area contributed by atoms with Crippen molar-refractivity contribution >= 4 is 5.96 Å². The lowest BCUT2D eigenvalue weighted by Gasteiger charge is -2.33. The minimum absolute atomic E-state index is 0.178. The number of nitrogens with one attached hydrogen (secondary N) is 2. The van der Waals surface area contributed by atoms with Crippen molar-refractivity contribution in [3.05, 3.63) is 35.4 Å². The number of rotatable bonds is 7. The van der Waals surface area contributed by atoms with Gasteiger partial charge in [0.25, 0.3) is 0 Å². The highest BCUT2D eigenvalue weighted by atomic mass is 19.4. The molecule has 1 unspecified atom stereocenters. The Morgan fingerprint density at radius 2 is 1.85 bits per heavy atom. The van der Waals surface area contributed by atoms with Gasteiger partial charge in [-0.2, -0.15) is 13.2 Å². The molecule has 1 aliphatic rings. The summed E-state index contributed by atoms with van der Waals surface area (Å²) in [5.41, 5.74) is 2.32. The van der Waals surface area contributed by atoms with Gasteiger partial charge in [-0.1, -0.05) is 30.7 Å². The van der Waals surface area contributed by atoms with Crippen molar-refractivity contribution in [1.82, 2.24) is 15.5 Å². The summed E-state index contributed by atoms with van der Waals surface area (Å²) in [6.07, 6.45) is -1.18. The molecule has 27 heavy (non-hydrogen) atoms. The van der Waals surface area contributed by atoms with E-state index in [2.05, 4.69) is 39.6 Å². The molecule has 1 atom stereocenters. The lowest BCUT2D eigenvalue weighted by molar-refractivity contribution is -0.132. The van der Waals surface area contributed by atoms with Crippen LogP contribution in [-0.2, 0) is 13.1 Å². The normalized spacial score (nSPS) is 19.1. The number of guanidine groups is 1. The van der Waals surface area contributed by atoms with Gasteiger partial charge in [0.1, 0.15) is 0 Å².